The first kappa shape index (κ1) is 13.5. The summed E-state index contributed by atoms with van der Waals surface area (Å²) in [4.78, 5) is 34.3. The van der Waals surface area contributed by atoms with Gasteiger partial charge in [-0.25, -0.2) is 9.78 Å². The summed E-state index contributed by atoms with van der Waals surface area (Å²) in [6.07, 6.45) is 2.86. The Morgan fingerprint density at radius 3 is 2.81 bits per heavy atom. The number of likely N-dealkylation sites (tertiary alicyclic amines) is 1. The Hall–Kier alpha value is -2.50. The first-order chi connectivity index (χ1) is 10.2. The van der Waals surface area contributed by atoms with Crippen LogP contribution < -0.4 is 0 Å². The Kier molecular flexibility index (Phi) is 3.51. The van der Waals surface area contributed by atoms with Crippen LogP contribution >= 0.6 is 0 Å². The summed E-state index contributed by atoms with van der Waals surface area (Å²) in [6, 6.07) is 6.84. The summed E-state index contributed by atoms with van der Waals surface area (Å²) in [7, 11) is 1.33. The molecular weight excluding hydrogens is 270 g/mol. The lowest BCUT2D eigenvalue weighted by atomic mass is 10.2. The maximum atomic E-state index is 12.5. The standard InChI is InChI=1S/C15H15N3O3/c1-21-15(20)13-7-4-8-18(13)14(19)12-9-16-10-5-2-3-6-11(10)17-12/h2-3,5-6,9,13H,4,7-8H2,1H3. The highest BCUT2D eigenvalue weighted by Gasteiger charge is 2.35. The minimum Gasteiger partial charge on any atom is -0.467 e. The Labute approximate surface area is 121 Å². The first-order valence-electron chi connectivity index (χ1n) is 6.81. The van der Waals surface area contributed by atoms with Gasteiger partial charge in [0.05, 0.1) is 24.3 Å². The van der Waals surface area contributed by atoms with Gasteiger partial charge in [-0.15, -0.1) is 0 Å². The minimum absolute atomic E-state index is 0.254. The zero-order valence-corrected chi connectivity index (χ0v) is 11.7. The molecule has 6 nitrogen and oxygen atoms in total. The lowest BCUT2D eigenvalue weighted by Crippen LogP contribution is -2.41. The Balaban J connectivity index is 1.91. The van der Waals surface area contributed by atoms with E-state index in [1.54, 1.807) is 6.07 Å². The number of fused-ring (bicyclic) bond motifs is 1. The Bertz CT molecular complexity index is 701. The summed E-state index contributed by atoms with van der Waals surface area (Å²) in [6.45, 7) is 0.535. The number of esters is 1. The van der Waals surface area contributed by atoms with Gasteiger partial charge in [0, 0.05) is 6.54 Å². The molecule has 1 unspecified atom stereocenters. The van der Waals surface area contributed by atoms with E-state index in [9.17, 15) is 9.59 Å². The molecule has 1 aliphatic rings. The molecule has 0 bridgehead atoms. The van der Waals surface area contributed by atoms with Crippen LogP contribution in [-0.4, -0.2) is 46.4 Å². The van der Waals surface area contributed by atoms with Crippen molar-refractivity contribution in [2.75, 3.05) is 13.7 Å². The number of carbonyl (C=O) groups excluding carboxylic acids is 2. The number of ether oxygens (including phenoxy) is 1. The number of methoxy groups -OCH3 is 1. The number of amides is 1. The van der Waals surface area contributed by atoms with Gasteiger partial charge in [0.15, 0.2) is 0 Å². The van der Waals surface area contributed by atoms with Gasteiger partial charge in [0.2, 0.25) is 0 Å². The van der Waals surface area contributed by atoms with Crippen molar-refractivity contribution in [1.82, 2.24) is 14.9 Å². The normalized spacial score (nSPS) is 18.0. The second-order valence-electron chi connectivity index (χ2n) is 4.92. The summed E-state index contributed by atoms with van der Waals surface area (Å²) in [5, 5.41) is 0. The average Bonchev–Trinajstić information content (AvgIpc) is 3.02. The van der Waals surface area contributed by atoms with Crippen LogP contribution in [0.3, 0.4) is 0 Å². The van der Waals surface area contributed by atoms with Gasteiger partial charge in [-0.2, -0.15) is 0 Å². The van der Waals surface area contributed by atoms with Crippen LogP contribution in [0.2, 0.25) is 0 Å². The molecule has 1 aromatic carbocycles. The van der Waals surface area contributed by atoms with E-state index in [2.05, 4.69) is 9.97 Å². The summed E-state index contributed by atoms with van der Waals surface area (Å²) >= 11 is 0. The molecule has 0 radical (unpaired) electrons. The fraction of sp³-hybridized carbons (Fsp3) is 0.333. The molecular formula is C15H15N3O3. The monoisotopic (exact) mass is 285 g/mol. The predicted molar refractivity (Wildman–Crippen MR) is 75.6 cm³/mol. The third-order valence-electron chi connectivity index (χ3n) is 3.65. The average molecular weight is 285 g/mol. The fourth-order valence-corrected chi connectivity index (χ4v) is 2.60. The van der Waals surface area contributed by atoms with Gasteiger partial charge in [-0.05, 0) is 25.0 Å². The van der Waals surface area contributed by atoms with E-state index in [1.165, 1.54) is 18.2 Å². The van der Waals surface area contributed by atoms with E-state index < -0.39 is 6.04 Å². The Morgan fingerprint density at radius 1 is 1.29 bits per heavy atom. The van der Waals surface area contributed by atoms with Crippen molar-refractivity contribution in [2.45, 2.75) is 18.9 Å². The highest BCUT2D eigenvalue weighted by atomic mass is 16.5. The second-order valence-corrected chi connectivity index (χ2v) is 4.92. The lowest BCUT2D eigenvalue weighted by Gasteiger charge is -2.22. The van der Waals surface area contributed by atoms with Crippen LogP contribution in [0.4, 0.5) is 0 Å². The zero-order valence-electron chi connectivity index (χ0n) is 11.7. The SMILES string of the molecule is COC(=O)C1CCCN1C(=O)c1cnc2ccccc2n1. The summed E-state index contributed by atoms with van der Waals surface area (Å²) in [5.41, 5.74) is 1.65. The lowest BCUT2D eigenvalue weighted by molar-refractivity contribution is -0.145. The van der Waals surface area contributed by atoms with E-state index in [-0.39, 0.29) is 17.6 Å². The van der Waals surface area contributed by atoms with Crippen molar-refractivity contribution in [3.63, 3.8) is 0 Å². The van der Waals surface area contributed by atoms with Gasteiger partial charge in [-0.3, -0.25) is 9.78 Å². The van der Waals surface area contributed by atoms with Crippen LogP contribution in [0.5, 0.6) is 0 Å². The third kappa shape index (κ3) is 2.44. The minimum atomic E-state index is -0.518. The number of carbonyl (C=O) groups is 2. The van der Waals surface area contributed by atoms with Crippen molar-refractivity contribution in [3.8, 4) is 0 Å². The number of hydrogen-bond acceptors (Lipinski definition) is 5. The number of benzene rings is 1. The number of aromatic nitrogens is 2. The Morgan fingerprint density at radius 2 is 2.05 bits per heavy atom. The zero-order chi connectivity index (χ0) is 14.8. The van der Waals surface area contributed by atoms with E-state index in [0.717, 1.165) is 11.9 Å². The molecule has 6 heteroatoms. The summed E-state index contributed by atoms with van der Waals surface area (Å²) < 4.78 is 4.75. The topological polar surface area (TPSA) is 72.4 Å². The largest absolute Gasteiger partial charge is 0.467 e. The van der Waals surface area contributed by atoms with Gasteiger partial charge in [0.1, 0.15) is 11.7 Å². The molecule has 1 aliphatic heterocycles. The van der Waals surface area contributed by atoms with Gasteiger partial charge in [0.25, 0.3) is 5.91 Å². The third-order valence-corrected chi connectivity index (χ3v) is 3.65. The molecule has 1 amide bonds. The fourth-order valence-electron chi connectivity index (χ4n) is 2.60. The van der Waals surface area contributed by atoms with Crippen molar-refractivity contribution >= 4 is 22.9 Å². The summed E-state index contributed by atoms with van der Waals surface area (Å²) in [5.74, 6) is -0.657. The van der Waals surface area contributed by atoms with Crippen LogP contribution in [0.15, 0.2) is 30.5 Å². The number of nitrogens with zero attached hydrogens (tertiary/aromatic N) is 3. The van der Waals surface area contributed by atoms with E-state index in [4.69, 9.17) is 4.74 Å². The molecule has 1 fully saturated rings. The van der Waals surface area contributed by atoms with Crippen molar-refractivity contribution in [2.24, 2.45) is 0 Å². The smallest absolute Gasteiger partial charge is 0.328 e. The van der Waals surface area contributed by atoms with Crippen LogP contribution in [0.1, 0.15) is 23.3 Å². The molecule has 21 heavy (non-hydrogen) atoms. The molecule has 2 heterocycles. The number of hydrogen-bond donors (Lipinski definition) is 0. The van der Waals surface area contributed by atoms with Crippen LogP contribution in [0, 0.1) is 0 Å². The van der Waals surface area contributed by atoms with Gasteiger partial charge >= 0.3 is 5.97 Å². The predicted octanol–water partition coefficient (Wildman–Crippen LogP) is 1.41. The second kappa shape index (κ2) is 5.47. The quantitative estimate of drug-likeness (QED) is 0.780. The van der Waals surface area contributed by atoms with Crippen LogP contribution in [-0.2, 0) is 9.53 Å². The van der Waals surface area contributed by atoms with E-state index >= 15 is 0 Å². The van der Waals surface area contributed by atoms with Gasteiger partial charge < -0.3 is 9.64 Å². The molecule has 0 aliphatic carbocycles. The van der Waals surface area contributed by atoms with Crippen molar-refractivity contribution < 1.29 is 14.3 Å². The molecule has 0 N–H and O–H groups in total. The van der Waals surface area contributed by atoms with Gasteiger partial charge in [-0.1, -0.05) is 12.1 Å². The molecule has 1 aromatic heterocycles. The molecule has 1 atom stereocenters. The molecule has 2 aromatic rings. The highest BCUT2D eigenvalue weighted by molar-refractivity contribution is 5.96. The van der Waals surface area contributed by atoms with E-state index in [0.29, 0.717) is 18.5 Å². The maximum Gasteiger partial charge on any atom is 0.328 e. The maximum absolute atomic E-state index is 12.5. The van der Waals surface area contributed by atoms with Crippen LogP contribution in [0.25, 0.3) is 11.0 Å². The molecule has 0 spiro atoms. The van der Waals surface area contributed by atoms with Crippen molar-refractivity contribution in [3.05, 3.63) is 36.2 Å². The molecule has 0 saturated carbocycles. The molecule has 108 valence electrons. The number of rotatable bonds is 2. The van der Waals surface area contributed by atoms with E-state index in [1.807, 2.05) is 18.2 Å². The highest BCUT2D eigenvalue weighted by Crippen LogP contribution is 2.21. The molecule has 3 rings (SSSR count). The van der Waals surface area contributed by atoms with Crippen molar-refractivity contribution in [1.29, 1.82) is 0 Å². The molecule has 1 saturated heterocycles. The number of para-hydroxylation sites is 2. The first-order valence-corrected chi connectivity index (χ1v) is 6.81.